The van der Waals surface area contributed by atoms with Crippen LogP contribution in [0.15, 0.2) is 24.3 Å². The molecule has 1 saturated heterocycles. The van der Waals surface area contributed by atoms with E-state index in [2.05, 4.69) is 0 Å². The van der Waals surface area contributed by atoms with Gasteiger partial charge in [0.25, 0.3) is 0 Å². The molecule has 2 aliphatic rings. The van der Waals surface area contributed by atoms with Gasteiger partial charge in [-0.05, 0) is 24.3 Å². The van der Waals surface area contributed by atoms with Gasteiger partial charge in [0.15, 0.2) is 52.1 Å². The second-order valence-corrected chi connectivity index (χ2v) is 9.82. The van der Waals surface area contributed by atoms with E-state index in [1.165, 1.54) is 0 Å². The summed E-state index contributed by atoms with van der Waals surface area (Å²) in [4.78, 5) is 39.6. The number of carbonyl (C=O) groups excluding carboxylic acids is 3. The summed E-state index contributed by atoms with van der Waals surface area (Å²) >= 11 is 0. The van der Waals surface area contributed by atoms with Crippen LogP contribution in [0.25, 0.3) is 11.1 Å². The Hall–Kier alpha value is -5.65. The lowest BCUT2D eigenvalue weighted by Gasteiger charge is -2.41. The van der Waals surface area contributed by atoms with Crippen LogP contribution in [-0.4, -0.2) is 105 Å². The van der Waals surface area contributed by atoms with Gasteiger partial charge in [-0.25, -0.2) is 9.59 Å². The first kappa shape index (κ1) is 29.8. The maximum atomic E-state index is 13.5. The van der Waals surface area contributed by atoms with Gasteiger partial charge < -0.3 is 70.4 Å². The molecule has 0 saturated carbocycles. The zero-order chi connectivity index (χ0) is 32.4. The number of hydrogen-bond acceptors (Lipinski definition) is 17. The van der Waals surface area contributed by atoms with Crippen molar-refractivity contribution in [2.24, 2.45) is 0 Å². The summed E-state index contributed by atoms with van der Waals surface area (Å²) in [7, 11) is 0. The molecule has 3 aromatic rings. The average Bonchev–Trinajstić information content (AvgIpc) is 2.97. The summed E-state index contributed by atoms with van der Waals surface area (Å²) in [5.74, 6) is -13.6. The molecule has 0 amide bonds. The van der Waals surface area contributed by atoms with Crippen molar-refractivity contribution in [1.29, 1.82) is 0 Å². The fraction of sp³-hybridized carbons (Fsp3) is 0.222. The third-order valence-electron chi connectivity index (χ3n) is 7.08. The minimum atomic E-state index is -2.16. The number of ketones is 1. The van der Waals surface area contributed by atoms with Crippen molar-refractivity contribution in [1.82, 2.24) is 0 Å². The molecular weight excluding hydrogens is 596 g/mol. The maximum absolute atomic E-state index is 13.5. The SMILES string of the molecule is O=C(OC1O[C@@H]2CC(=O)c3cc(O)c(O)c(O)c3-c3c(cc(O)c(O)c3O)C(=O)O[C@H]2[C@H](O)[C@H]1O)c1cc(O)c(O)c(O)c1. The number of Topliss-reactive ketones (excluding diaryl/α,β-unsaturated/α-hetero) is 1. The lowest BCUT2D eigenvalue weighted by molar-refractivity contribution is -0.278. The second-order valence-electron chi connectivity index (χ2n) is 9.82. The third-order valence-corrected chi connectivity index (χ3v) is 7.08. The van der Waals surface area contributed by atoms with Gasteiger partial charge in [-0.2, -0.15) is 0 Å². The van der Waals surface area contributed by atoms with Crippen molar-refractivity contribution in [3.8, 4) is 62.9 Å². The van der Waals surface area contributed by atoms with E-state index in [1.807, 2.05) is 0 Å². The Morgan fingerprint density at radius 3 is 1.75 bits per heavy atom. The normalized spacial score (nSPS) is 23.1. The number of hydrogen-bond donors (Lipinski definition) is 11. The van der Waals surface area contributed by atoms with Crippen molar-refractivity contribution in [3.63, 3.8) is 0 Å². The van der Waals surface area contributed by atoms with E-state index in [9.17, 15) is 70.6 Å². The first-order valence-electron chi connectivity index (χ1n) is 12.4. The lowest BCUT2D eigenvalue weighted by atomic mass is 9.86. The highest BCUT2D eigenvalue weighted by atomic mass is 16.7. The van der Waals surface area contributed by atoms with Crippen molar-refractivity contribution >= 4 is 17.7 Å². The molecule has 11 N–H and O–H groups in total. The molecule has 1 fully saturated rings. The number of aromatic hydroxyl groups is 9. The largest absolute Gasteiger partial charge is 0.504 e. The number of phenols is 9. The number of carbonyl (C=O) groups is 3. The van der Waals surface area contributed by atoms with Gasteiger partial charge in [-0.3, -0.25) is 4.79 Å². The van der Waals surface area contributed by atoms with E-state index >= 15 is 0 Å². The van der Waals surface area contributed by atoms with Crippen LogP contribution in [0.3, 0.4) is 0 Å². The Morgan fingerprint density at radius 2 is 1.18 bits per heavy atom. The smallest absolute Gasteiger partial charge is 0.340 e. The number of rotatable bonds is 2. The fourth-order valence-electron chi connectivity index (χ4n) is 4.86. The first-order chi connectivity index (χ1) is 20.6. The van der Waals surface area contributed by atoms with Crippen LogP contribution in [0.5, 0.6) is 51.7 Å². The van der Waals surface area contributed by atoms with Crippen molar-refractivity contribution in [2.45, 2.75) is 37.1 Å². The summed E-state index contributed by atoms with van der Waals surface area (Å²) < 4.78 is 15.8. The molecule has 44 heavy (non-hydrogen) atoms. The van der Waals surface area contributed by atoms with Gasteiger partial charge in [0, 0.05) is 23.1 Å². The van der Waals surface area contributed by atoms with E-state index < -0.39 is 134 Å². The molecule has 0 aliphatic carbocycles. The number of benzene rings is 3. The highest BCUT2D eigenvalue weighted by Gasteiger charge is 2.50. The molecule has 0 radical (unpaired) electrons. The highest BCUT2D eigenvalue weighted by molar-refractivity contribution is 6.10. The van der Waals surface area contributed by atoms with Crippen LogP contribution in [0.4, 0.5) is 0 Å². The van der Waals surface area contributed by atoms with Crippen LogP contribution in [0.1, 0.15) is 37.5 Å². The molecule has 0 spiro atoms. The maximum Gasteiger partial charge on any atom is 0.340 e. The zero-order valence-electron chi connectivity index (χ0n) is 21.8. The summed E-state index contributed by atoms with van der Waals surface area (Å²) in [6.45, 7) is 0. The zero-order valence-corrected chi connectivity index (χ0v) is 21.8. The van der Waals surface area contributed by atoms with Gasteiger partial charge in [-0.15, -0.1) is 0 Å². The van der Waals surface area contributed by atoms with E-state index in [-0.39, 0.29) is 0 Å². The van der Waals surface area contributed by atoms with Gasteiger partial charge in [0.1, 0.15) is 18.3 Å². The van der Waals surface area contributed by atoms with E-state index in [0.29, 0.717) is 24.3 Å². The Morgan fingerprint density at radius 1 is 0.682 bits per heavy atom. The fourth-order valence-corrected chi connectivity index (χ4v) is 4.86. The molecule has 1 unspecified atom stereocenters. The summed E-state index contributed by atoms with van der Waals surface area (Å²) in [6, 6.07) is 2.62. The molecule has 5 rings (SSSR count). The number of aliphatic hydroxyl groups excluding tert-OH is 2. The summed E-state index contributed by atoms with van der Waals surface area (Å²) in [5.41, 5.74) is -3.64. The van der Waals surface area contributed by atoms with Crippen LogP contribution in [0, 0.1) is 0 Å². The topological polar surface area (TPSA) is 301 Å². The van der Waals surface area contributed by atoms with Crippen molar-refractivity contribution < 1.29 is 84.8 Å². The quantitative estimate of drug-likeness (QED) is 0.134. The molecule has 17 heteroatoms. The molecule has 0 aromatic heterocycles. The predicted octanol–water partition coefficient (Wildman–Crippen LogP) is 0.119. The van der Waals surface area contributed by atoms with Crippen LogP contribution in [-0.2, 0) is 14.2 Å². The summed E-state index contributed by atoms with van der Waals surface area (Å²) in [5, 5.41) is 112. The van der Waals surface area contributed by atoms with Gasteiger partial charge in [-0.1, -0.05) is 0 Å². The Bertz CT molecular complexity index is 1710. The molecule has 232 valence electrons. The van der Waals surface area contributed by atoms with Crippen LogP contribution < -0.4 is 0 Å². The van der Waals surface area contributed by atoms with Gasteiger partial charge in [0.2, 0.25) is 17.8 Å². The third kappa shape index (κ3) is 4.70. The molecular formula is C27H22O17. The van der Waals surface area contributed by atoms with Crippen LogP contribution in [0.2, 0.25) is 0 Å². The Balaban J connectivity index is 1.59. The Kier molecular flexibility index (Phi) is 7.16. The summed E-state index contributed by atoms with van der Waals surface area (Å²) in [6.07, 6.45) is -10.9. The van der Waals surface area contributed by atoms with Crippen LogP contribution >= 0.6 is 0 Å². The van der Waals surface area contributed by atoms with Gasteiger partial charge >= 0.3 is 11.9 Å². The van der Waals surface area contributed by atoms with Gasteiger partial charge in [0.05, 0.1) is 11.1 Å². The predicted molar refractivity (Wildman–Crippen MR) is 138 cm³/mol. The minimum absolute atomic E-state index is 0.544. The van der Waals surface area contributed by atoms with E-state index in [4.69, 9.17) is 14.2 Å². The standard InChI is InChI=1S/C27H22O17/c28-9-5-14-24(22(38)23(39)27(42-14)44-25(40)6-1-10(29)17(33)11(30)2-6)43-26(41)8-4-13(32)19(35)21(37)16(8)15-7(9)3-12(31)18(34)20(15)36/h1-4,14,22-24,27,29-39H,5H2/t14-,22-,23-,24-,27?/m1/s1. The van der Waals surface area contributed by atoms with E-state index in [1.54, 1.807) is 0 Å². The lowest BCUT2D eigenvalue weighted by Crippen LogP contribution is -2.60. The monoisotopic (exact) mass is 618 g/mol. The molecule has 2 aliphatic heterocycles. The molecule has 5 atom stereocenters. The number of esters is 2. The number of phenolic OH excluding ortho intramolecular Hbond substituents is 9. The molecule has 3 aromatic carbocycles. The average molecular weight is 618 g/mol. The number of fused-ring (bicyclic) bond motifs is 4. The van der Waals surface area contributed by atoms with Crippen molar-refractivity contribution in [3.05, 3.63) is 41.0 Å². The molecule has 17 nitrogen and oxygen atoms in total. The minimum Gasteiger partial charge on any atom is -0.504 e. The number of aliphatic hydroxyl groups is 2. The second kappa shape index (κ2) is 10.6. The Labute approximate surface area is 243 Å². The number of ether oxygens (including phenoxy) is 3. The highest BCUT2D eigenvalue weighted by Crippen LogP contribution is 2.53. The molecule has 0 bridgehead atoms. The van der Waals surface area contributed by atoms with Crippen molar-refractivity contribution in [2.75, 3.05) is 0 Å². The first-order valence-corrected chi connectivity index (χ1v) is 12.4. The molecule has 2 heterocycles. The van der Waals surface area contributed by atoms with E-state index in [0.717, 1.165) is 0 Å².